The number of benzene rings is 1. The number of ether oxygens (including phenoxy) is 1. The number of rotatable bonds is 2. The highest BCUT2D eigenvalue weighted by atomic mass is 19.1. The summed E-state index contributed by atoms with van der Waals surface area (Å²) in [7, 11) is 0. The Morgan fingerprint density at radius 3 is 2.53 bits per heavy atom. The summed E-state index contributed by atoms with van der Waals surface area (Å²) in [6.45, 7) is 0.647. The van der Waals surface area contributed by atoms with Crippen molar-refractivity contribution >= 4 is 0 Å². The number of halogens is 2. The van der Waals surface area contributed by atoms with Gasteiger partial charge >= 0.3 is 0 Å². The van der Waals surface area contributed by atoms with Crippen molar-refractivity contribution in [3.63, 3.8) is 0 Å². The Kier molecular flexibility index (Phi) is 3.31. The predicted octanol–water partition coefficient (Wildman–Crippen LogP) is 3.31. The normalized spacial score (nSPS) is 27.0. The van der Waals surface area contributed by atoms with Crippen LogP contribution in [-0.2, 0) is 4.74 Å². The molecular weight excluding hydrogens is 248 g/mol. The number of hydrogen-bond acceptors (Lipinski definition) is 2. The van der Waals surface area contributed by atoms with Crippen molar-refractivity contribution in [1.29, 1.82) is 0 Å². The summed E-state index contributed by atoms with van der Waals surface area (Å²) < 4.78 is 33.4. The smallest absolute Gasteiger partial charge is 0.130 e. The molecule has 2 nitrogen and oxygen atoms in total. The molecule has 2 unspecified atom stereocenters. The number of nitrogens with two attached hydrogens (primary N) is 1. The molecule has 104 valence electrons. The largest absolute Gasteiger partial charge is 0.375 e. The zero-order chi connectivity index (χ0) is 13.5. The average molecular weight is 267 g/mol. The summed E-state index contributed by atoms with van der Waals surface area (Å²) in [5.74, 6) is -0.983. The Balaban J connectivity index is 1.81. The van der Waals surface area contributed by atoms with Crippen molar-refractivity contribution in [2.75, 3.05) is 6.61 Å². The fraction of sp³-hybridized carbons (Fsp3) is 0.600. The first-order chi connectivity index (χ1) is 9.11. The Morgan fingerprint density at radius 1 is 1.26 bits per heavy atom. The quantitative estimate of drug-likeness (QED) is 0.892. The Morgan fingerprint density at radius 2 is 1.95 bits per heavy atom. The maximum Gasteiger partial charge on any atom is 0.130 e. The van der Waals surface area contributed by atoms with Crippen molar-refractivity contribution in [3.8, 4) is 0 Å². The molecule has 2 fully saturated rings. The molecule has 0 aromatic heterocycles. The van der Waals surface area contributed by atoms with Crippen LogP contribution in [0.5, 0.6) is 0 Å². The molecular formula is C15H19F2NO. The Hall–Kier alpha value is -1.00. The van der Waals surface area contributed by atoms with Gasteiger partial charge in [-0.3, -0.25) is 0 Å². The summed E-state index contributed by atoms with van der Waals surface area (Å²) in [5.41, 5.74) is 6.11. The fourth-order valence-corrected chi connectivity index (χ4v) is 3.36. The van der Waals surface area contributed by atoms with E-state index in [1.54, 1.807) is 0 Å². The second-order valence-electron chi connectivity index (χ2n) is 5.80. The molecule has 1 spiro atoms. The topological polar surface area (TPSA) is 35.2 Å². The van der Waals surface area contributed by atoms with Gasteiger partial charge in [0, 0.05) is 18.2 Å². The molecule has 1 saturated heterocycles. The molecule has 1 aliphatic heterocycles. The van der Waals surface area contributed by atoms with Crippen LogP contribution in [0, 0.1) is 17.6 Å². The van der Waals surface area contributed by atoms with Crippen LogP contribution in [0.25, 0.3) is 0 Å². The van der Waals surface area contributed by atoms with Gasteiger partial charge in [0.2, 0.25) is 0 Å². The molecule has 19 heavy (non-hydrogen) atoms. The highest BCUT2D eigenvalue weighted by Crippen LogP contribution is 2.47. The van der Waals surface area contributed by atoms with Gasteiger partial charge < -0.3 is 10.5 Å². The van der Waals surface area contributed by atoms with Crippen molar-refractivity contribution in [3.05, 3.63) is 35.4 Å². The fourth-order valence-electron chi connectivity index (χ4n) is 3.36. The van der Waals surface area contributed by atoms with E-state index in [1.807, 2.05) is 0 Å². The maximum atomic E-state index is 13.8. The van der Waals surface area contributed by atoms with Gasteiger partial charge in [0.15, 0.2) is 0 Å². The Bertz CT molecular complexity index is 453. The first kappa shape index (κ1) is 13.0. The summed E-state index contributed by atoms with van der Waals surface area (Å²) >= 11 is 0. The van der Waals surface area contributed by atoms with E-state index < -0.39 is 17.7 Å². The SMILES string of the molecule is NC(c1c(F)cccc1F)C1CCOC2(CCC2)C1. The van der Waals surface area contributed by atoms with Crippen LogP contribution in [0.2, 0.25) is 0 Å². The third kappa shape index (κ3) is 2.28. The molecule has 0 bridgehead atoms. The van der Waals surface area contributed by atoms with Crippen molar-refractivity contribution in [1.82, 2.24) is 0 Å². The van der Waals surface area contributed by atoms with Gasteiger partial charge in [0.05, 0.1) is 5.60 Å². The predicted molar refractivity (Wildman–Crippen MR) is 68.5 cm³/mol. The standard InChI is InChI=1S/C15H19F2NO/c16-11-3-1-4-12(17)13(11)14(18)10-5-8-19-15(9-10)6-2-7-15/h1,3-4,10,14H,2,5-9,18H2. The van der Waals surface area contributed by atoms with Crippen LogP contribution in [0.1, 0.15) is 43.7 Å². The van der Waals surface area contributed by atoms with Crippen LogP contribution in [0.15, 0.2) is 18.2 Å². The molecule has 1 aliphatic carbocycles. The zero-order valence-corrected chi connectivity index (χ0v) is 10.9. The van der Waals surface area contributed by atoms with E-state index in [9.17, 15) is 8.78 Å². The van der Waals surface area contributed by atoms with E-state index in [4.69, 9.17) is 10.5 Å². The molecule has 1 aromatic rings. The molecule has 1 saturated carbocycles. The lowest BCUT2D eigenvalue weighted by Gasteiger charge is -2.48. The van der Waals surface area contributed by atoms with Gasteiger partial charge in [-0.1, -0.05) is 6.07 Å². The van der Waals surface area contributed by atoms with Crippen LogP contribution in [0.3, 0.4) is 0 Å². The molecule has 2 aliphatic rings. The first-order valence-corrected chi connectivity index (χ1v) is 6.95. The lowest BCUT2D eigenvalue weighted by atomic mass is 9.70. The summed E-state index contributed by atoms with van der Waals surface area (Å²) in [6, 6.07) is 3.34. The van der Waals surface area contributed by atoms with E-state index in [2.05, 4.69) is 0 Å². The highest BCUT2D eigenvalue weighted by molar-refractivity contribution is 5.24. The van der Waals surface area contributed by atoms with Gasteiger partial charge in [-0.25, -0.2) is 8.78 Å². The lowest BCUT2D eigenvalue weighted by Crippen LogP contribution is -2.47. The van der Waals surface area contributed by atoms with E-state index in [0.717, 1.165) is 25.7 Å². The minimum atomic E-state index is -0.581. The third-order valence-corrected chi connectivity index (χ3v) is 4.64. The molecule has 0 amide bonds. The van der Waals surface area contributed by atoms with Crippen molar-refractivity contribution in [2.24, 2.45) is 11.7 Å². The molecule has 4 heteroatoms. The number of hydrogen-bond donors (Lipinski definition) is 1. The second kappa shape index (κ2) is 4.84. The highest BCUT2D eigenvalue weighted by Gasteiger charge is 2.44. The van der Waals surface area contributed by atoms with E-state index in [-0.39, 0.29) is 17.1 Å². The first-order valence-electron chi connectivity index (χ1n) is 6.95. The van der Waals surface area contributed by atoms with Crippen molar-refractivity contribution in [2.45, 2.75) is 43.7 Å². The van der Waals surface area contributed by atoms with E-state index in [0.29, 0.717) is 6.61 Å². The second-order valence-corrected chi connectivity index (χ2v) is 5.80. The van der Waals surface area contributed by atoms with E-state index >= 15 is 0 Å². The summed E-state index contributed by atoms with van der Waals surface area (Å²) in [6.07, 6.45) is 4.88. The van der Waals surface area contributed by atoms with Gasteiger partial charge in [0.1, 0.15) is 11.6 Å². The summed E-state index contributed by atoms with van der Waals surface area (Å²) in [5, 5.41) is 0. The molecule has 2 atom stereocenters. The molecule has 1 heterocycles. The van der Waals surface area contributed by atoms with Crippen LogP contribution in [0.4, 0.5) is 8.78 Å². The van der Waals surface area contributed by atoms with Crippen LogP contribution < -0.4 is 5.73 Å². The monoisotopic (exact) mass is 267 g/mol. The maximum absolute atomic E-state index is 13.8. The van der Waals surface area contributed by atoms with E-state index in [1.165, 1.54) is 24.6 Å². The van der Waals surface area contributed by atoms with Gasteiger partial charge in [0.25, 0.3) is 0 Å². The minimum Gasteiger partial charge on any atom is -0.375 e. The van der Waals surface area contributed by atoms with Gasteiger partial charge in [-0.2, -0.15) is 0 Å². The molecule has 2 N–H and O–H groups in total. The zero-order valence-electron chi connectivity index (χ0n) is 10.9. The minimum absolute atomic E-state index is 0.0314. The van der Waals surface area contributed by atoms with Gasteiger partial charge in [-0.05, 0) is 50.2 Å². The Labute approximate surface area is 111 Å². The van der Waals surface area contributed by atoms with Gasteiger partial charge in [-0.15, -0.1) is 0 Å². The average Bonchev–Trinajstić information content (AvgIpc) is 2.37. The molecule has 3 rings (SSSR count). The van der Waals surface area contributed by atoms with Crippen LogP contribution in [-0.4, -0.2) is 12.2 Å². The molecule has 1 aromatic carbocycles. The third-order valence-electron chi connectivity index (χ3n) is 4.64. The molecule has 0 radical (unpaired) electrons. The summed E-state index contributed by atoms with van der Waals surface area (Å²) in [4.78, 5) is 0. The lowest BCUT2D eigenvalue weighted by molar-refractivity contribution is -0.146. The van der Waals surface area contributed by atoms with Crippen LogP contribution >= 0.6 is 0 Å². The van der Waals surface area contributed by atoms with Crippen molar-refractivity contribution < 1.29 is 13.5 Å².